The number of hydrogen-bond donors (Lipinski definition) is 0. The van der Waals surface area contributed by atoms with Crippen LogP contribution in [0.25, 0.3) is 54.8 Å². The van der Waals surface area contributed by atoms with E-state index in [0.717, 1.165) is 92.5 Å². The Balaban J connectivity index is 1.21. The number of carbonyl (C=O) groups excluding carboxylic acids is 2. The van der Waals surface area contributed by atoms with Gasteiger partial charge in [0, 0.05) is 56.5 Å². The summed E-state index contributed by atoms with van der Waals surface area (Å²) in [6.07, 6.45) is 41.6. The third kappa shape index (κ3) is 14.8. The molecule has 410 valence electrons. The molecule has 2 aliphatic rings. The highest BCUT2D eigenvalue weighted by atomic mass is 16.2. The van der Waals surface area contributed by atoms with Crippen LogP contribution in [-0.4, -0.2) is 34.9 Å². The molecule has 0 saturated heterocycles. The maximum atomic E-state index is 15.0. The predicted molar refractivity (Wildman–Crippen MR) is 326 cm³/mol. The molecular weight excluding hydrogens is 929 g/mol. The number of hydrogen-bond acceptors (Lipinski definition) is 4. The first-order valence-corrected chi connectivity index (χ1v) is 31.7. The van der Waals surface area contributed by atoms with Crippen molar-refractivity contribution in [1.29, 1.82) is 0 Å². The second-order valence-corrected chi connectivity index (χ2v) is 23.7. The number of amides is 2. The molecule has 2 unspecified atom stereocenters. The molecule has 2 atom stereocenters. The van der Waals surface area contributed by atoms with Gasteiger partial charge in [0.25, 0.3) is 0 Å². The number of anilines is 2. The maximum absolute atomic E-state index is 15.0. The van der Waals surface area contributed by atoms with Crippen LogP contribution in [-0.2, 0) is 22.4 Å². The van der Waals surface area contributed by atoms with Crippen molar-refractivity contribution in [3.63, 3.8) is 0 Å². The monoisotopic (exact) mass is 1030 g/mol. The minimum atomic E-state index is 0.154. The lowest BCUT2D eigenvalue weighted by Gasteiger charge is -2.36. The summed E-state index contributed by atoms with van der Waals surface area (Å²) in [4.78, 5) is 45.8. The van der Waals surface area contributed by atoms with Crippen LogP contribution in [0, 0.1) is 11.8 Å². The van der Waals surface area contributed by atoms with Gasteiger partial charge in [-0.05, 0) is 60.8 Å². The topological polar surface area (TPSA) is 66.4 Å². The number of pyridine rings is 2. The summed E-state index contributed by atoms with van der Waals surface area (Å²) >= 11 is 0. The number of aromatic nitrogens is 2. The number of nitrogens with zero attached hydrogens (tertiary/aromatic N) is 4. The van der Waals surface area contributed by atoms with Crippen molar-refractivity contribution in [3.05, 3.63) is 83.9 Å². The van der Waals surface area contributed by atoms with Gasteiger partial charge in [-0.25, -0.2) is 9.97 Å². The Morgan fingerprint density at radius 3 is 0.974 bits per heavy atom. The summed E-state index contributed by atoms with van der Waals surface area (Å²) in [6, 6.07) is 25.8. The third-order valence-corrected chi connectivity index (χ3v) is 17.6. The minimum Gasteiger partial charge on any atom is -0.296 e. The van der Waals surface area contributed by atoms with Gasteiger partial charge in [-0.1, -0.05) is 268 Å². The van der Waals surface area contributed by atoms with Crippen LogP contribution in [0.3, 0.4) is 0 Å². The predicted octanol–water partition coefficient (Wildman–Crippen LogP) is 20.3. The second kappa shape index (κ2) is 30.3. The van der Waals surface area contributed by atoms with E-state index in [1.54, 1.807) is 0 Å². The van der Waals surface area contributed by atoms with E-state index in [1.165, 1.54) is 191 Å². The molecule has 2 amide bonds. The zero-order valence-corrected chi connectivity index (χ0v) is 48.1. The van der Waals surface area contributed by atoms with Crippen LogP contribution >= 0.6 is 0 Å². The summed E-state index contributed by atoms with van der Waals surface area (Å²) in [5, 5.41) is 6.75. The summed E-state index contributed by atoms with van der Waals surface area (Å²) in [6.45, 7) is 10.6. The normalized spacial score (nSPS) is 14.3. The van der Waals surface area contributed by atoms with Crippen LogP contribution in [0.5, 0.6) is 0 Å². The van der Waals surface area contributed by atoms with Gasteiger partial charge in [-0.2, -0.15) is 0 Å². The Hall–Kier alpha value is -4.84. The van der Waals surface area contributed by atoms with E-state index in [9.17, 15) is 0 Å². The molecule has 0 spiro atoms. The van der Waals surface area contributed by atoms with E-state index in [-0.39, 0.29) is 11.8 Å². The smallest absolute Gasteiger partial charge is 0.232 e. The summed E-state index contributed by atoms with van der Waals surface area (Å²) in [5.41, 5.74) is 5.96. The van der Waals surface area contributed by atoms with E-state index in [0.29, 0.717) is 37.8 Å². The fraction of sp³-hybridized carbons (Fsp3) is 0.600. The zero-order chi connectivity index (χ0) is 52.9. The van der Waals surface area contributed by atoms with E-state index in [2.05, 4.69) is 110 Å². The lowest BCUT2D eigenvalue weighted by Crippen LogP contribution is -2.40. The molecular formula is C70H98N4O2. The Labute approximate surface area is 460 Å². The molecule has 0 bridgehead atoms. The maximum Gasteiger partial charge on any atom is 0.232 e. The molecule has 76 heavy (non-hydrogen) atoms. The van der Waals surface area contributed by atoms with Gasteiger partial charge in [0.15, 0.2) is 0 Å². The molecule has 6 nitrogen and oxygen atoms in total. The first-order valence-electron chi connectivity index (χ1n) is 31.7. The van der Waals surface area contributed by atoms with Crippen molar-refractivity contribution in [2.24, 2.45) is 11.8 Å². The van der Waals surface area contributed by atoms with Crippen molar-refractivity contribution in [2.75, 3.05) is 22.9 Å². The van der Waals surface area contributed by atoms with Gasteiger partial charge >= 0.3 is 0 Å². The van der Waals surface area contributed by atoms with Crippen LogP contribution in [0.4, 0.5) is 11.6 Å². The minimum absolute atomic E-state index is 0.154. The standard InChI is InChI=1S/C70H98N4O2/c1-5-9-13-17-21-23-27-33-41-53(39-31-25-19-15-11-7-3)51-73-61(75)49-57-47-60-66-64-58(48-59-65(66)63(57)69(73)71-67(59)55-43-35-29-36-44-55)50-62(76)74(70(64)72-68(60)56-45-37-30-38-46-56)52-54(40-32-26-20-16-12-8-4)42-34-28-24-22-18-14-10-6-2/h29-30,35-38,43-48,53-54H,5-28,31-34,39-42,49-52H2,1-4H3. The van der Waals surface area contributed by atoms with Crippen LogP contribution in [0.2, 0.25) is 0 Å². The van der Waals surface area contributed by atoms with E-state index in [4.69, 9.17) is 9.97 Å². The molecule has 6 aromatic rings. The number of carbonyl (C=O) groups is 2. The average Bonchev–Trinajstić information content (AvgIpc) is 3.58. The Kier molecular flexibility index (Phi) is 22.9. The summed E-state index contributed by atoms with van der Waals surface area (Å²) in [5.74, 6) is 2.80. The molecule has 0 radical (unpaired) electrons. The van der Waals surface area contributed by atoms with E-state index < -0.39 is 0 Å². The molecule has 0 N–H and O–H groups in total. The number of rotatable bonds is 38. The third-order valence-electron chi connectivity index (χ3n) is 17.6. The number of unbranched alkanes of at least 4 members (excludes halogenated alkanes) is 24. The largest absolute Gasteiger partial charge is 0.296 e. The summed E-state index contributed by atoms with van der Waals surface area (Å²) in [7, 11) is 0. The highest BCUT2D eigenvalue weighted by molar-refractivity contribution is 6.34. The molecule has 2 aromatic heterocycles. The average molecular weight is 1030 g/mol. The molecule has 4 aromatic carbocycles. The summed E-state index contributed by atoms with van der Waals surface area (Å²) < 4.78 is 0. The first-order chi connectivity index (χ1) is 37.4. The highest BCUT2D eigenvalue weighted by Crippen LogP contribution is 2.51. The van der Waals surface area contributed by atoms with E-state index >= 15 is 9.59 Å². The molecule has 4 heterocycles. The van der Waals surface area contributed by atoms with Crippen LogP contribution in [0.1, 0.15) is 244 Å². The van der Waals surface area contributed by atoms with Gasteiger partial charge in [-0.3, -0.25) is 19.4 Å². The fourth-order valence-electron chi connectivity index (χ4n) is 13.2. The second-order valence-electron chi connectivity index (χ2n) is 23.7. The Morgan fingerprint density at radius 1 is 0.382 bits per heavy atom. The molecule has 0 saturated carbocycles. The Bertz CT molecular complexity index is 2510. The highest BCUT2D eigenvalue weighted by Gasteiger charge is 2.37. The molecule has 8 rings (SSSR count). The molecule has 6 heteroatoms. The van der Waals surface area contributed by atoms with Crippen LogP contribution < -0.4 is 9.80 Å². The number of benzene rings is 4. The van der Waals surface area contributed by atoms with Gasteiger partial charge in [0.1, 0.15) is 11.6 Å². The van der Waals surface area contributed by atoms with Crippen molar-refractivity contribution in [1.82, 2.24) is 9.97 Å². The van der Waals surface area contributed by atoms with Gasteiger partial charge < -0.3 is 0 Å². The van der Waals surface area contributed by atoms with E-state index in [1.807, 2.05) is 0 Å². The van der Waals surface area contributed by atoms with Crippen LogP contribution in [0.15, 0.2) is 72.8 Å². The van der Waals surface area contributed by atoms with Gasteiger partial charge in [0.2, 0.25) is 11.8 Å². The SMILES string of the molecule is CCCCCCCCCCC(CCCCCCCC)CN1C(=O)Cc2cc3c(-c4ccccc4)nc4c5c(cc6c(-c7ccccc7)nc1c2c6c35)CC(=O)N4CC(CCCCCCCC)CCCCCCCCCC. The van der Waals surface area contributed by atoms with Crippen molar-refractivity contribution in [2.45, 2.75) is 246 Å². The Morgan fingerprint density at radius 2 is 0.671 bits per heavy atom. The first kappa shape index (κ1) is 57.3. The fourth-order valence-corrected chi connectivity index (χ4v) is 13.2. The van der Waals surface area contributed by atoms with Crippen molar-refractivity contribution in [3.8, 4) is 22.5 Å². The molecule has 0 fully saturated rings. The zero-order valence-electron chi connectivity index (χ0n) is 48.1. The van der Waals surface area contributed by atoms with Crippen molar-refractivity contribution >= 4 is 55.8 Å². The van der Waals surface area contributed by atoms with Crippen molar-refractivity contribution < 1.29 is 9.59 Å². The van der Waals surface area contributed by atoms with Gasteiger partial charge in [-0.15, -0.1) is 0 Å². The molecule has 0 aliphatic carbocycles. The lowest BCUT2D eigenvalue weighted by atomic mass is 9.83. The molecule has 2 aliphatic heterocycles. The van der Waals surface area contributed by atoms with Gasteiger partial charge in [0.05, 0.1) is 24.2 Å². The lowest BCUT2D eigenvalue weighted by molar-refractivity contribution is -0.119. The quantitative estimate of drug-likeness (QED) is 0.0286.